The summed E-state index contributed by atoms with van der Waals surface area (Å²) in [6, 6.07) is 9.86. The van der Waals surface area contributed by atoms with Gasteiger partial charge in [0, 0.05) is 24.6 Å². The van der Waals surface area contributed by atoms with Gasteiger partial charge in [-0.15, -0.1) is 0 Å². The molecule has 3 aromatic rings. The highest BCUT2D eigenvalue weighted by Crippen LogP contribution is 2.36. The van der Waals surface area contributed by atoms with E-state index in [0.717, 1.165) is 18.5 Å². The average Bonchev–Trinajstić information content (AvgIpc) is 3.41. The van der Waals surface area contributed by atoms with E-state index in [0.29, 0.717) is 30.4 Å². The molecule has 2 aliphatic rings. The molecule has 0 bridgehead atoms. The molecule has 1 aliphatic heterocycles. The van der Waals surface area contributed by atoms with E-state index >= 15 is 0 Å². The summed E-state index contributed by atoms with van der Waals surface area (Å²) < 4.78 is 10.6. The summed E-state index contributed by atoms with van der Waals surface area (Å²) in [6.07, 6.45) is 6.54. The first-order chi connectivity index (χ1) is 12.8. The number of nitrogens with zero attached hydrogens (tertiary/aromatic N) is 3. The van der Waals surface area contributed by atoms with E-state index in [1.165, 1.54) is 24.0 Å². The molecule has 5 rings (SSSR count). The van der Waals surface area contributed by atoms with Gasteiger partial charge in [0.05, 0.1) is 6.26 Å². The molecule has 0 radical (unpaired) electrons. The number of carbonyl (C=O) groups excluding carboxylic acids is 1. The Bertz CT molecular complexity index is 945. The van der Waals surface area contributed by atoms with E-state index in [4.69, 9.17) is 8.94 Å². The maximum absolute atomic E-state index is 12.7. The normalized spacial score (nSPS) is 19.8. The lowest BCUT2D eigenvalue weighted by Gasteiger charge is -2.25. The molecule has 1 amide bonds. The third-order valence-electron chi connectivity index (χ3n) is 5.33. The van der Waals surface area contributed by atoms with E-state index in [9.17, 15) is 4.79 Å². The molecular formula is C20H19N3O3. The van der Waals surface area contributed by atoms with Crippen molar-refractivity contribution in [3.63, 3.8) is 0 Å². The average molecular weight is 349 g/mol. The summed E-state index contributed by atoms with van der Waals surface area (Å²) in [5, 5.41) is 4.08. The van der Waals surface area contributed by atoms with Crippen LogP contribution in [-0.2, 0) is 17.6 Å². The number of carbonyl (C=O) groups is 1. The predicted molar refractivity (Wildman–Crippen MR) is 94.8 cm³/mol. The van der Waals surface area contributed by atoms with Gasteiger partial charge < -0.3 is 13.8 Å². The van der Waals surface area contributed by atoms with Crippen LogP contribution < -0.4 is 4.90 Å². The lowest BCUT2D eigenvalue weighted by molar-refractivity contribution is -0.117. The second-order valence-corrected chi connectivity index (χ2v) is 6.96. The van der Waals surface area contributed by atoms with E-state index < -0.39 is 0 Å². The van der Waals surface area contributed by atoms with Crippen LogP contribution in [-0.4, -0.2) is 22.6 Å². The van der Waals surface area contributed by atoms with Gasteiger partial charge in [-0.25, -0.2) is 0 Å². The fraction of sp³-hybridized carbons (Fsp3) is 0.350. The Morgan fingerprint density at radius 3 is 2.92 bits per heavy atom. The van der Waals surface area contributed by atoms with Crippen molar-refractivity contribution in [2.24, 2.45) is 0 Å². The van der Waals surface area contributed by atoms with Crippen LogP contribution in [0.3, 0.4) is 0 Å². The fourth-order valence-corrected chi connectivity index (χ4v) is 4.03. The number of anilines is 1. The number of aromatic nitrogens is 2. The van der Waals surface area contributed by atoms with Crippen LogP contribution in [0.4, 0.5) is 5.69 Å². The largest absolute Gasteiger partial charge is 0.459 e. The minimum Gasteiger partial charge on any atom is -0.459 e. The van der Waals surface area contributed by atoms with Crippen LogP contribution >= 0.6 is 0 Å². The maximum atomic E-state index is 12.7. The topological polar surface area (TPSA) is 72.4 Å². The molecule has 0 spiro atoms. The molecule has 1 aliphatic carbocycles. The van der Waals surface area contributed by atoms with Crippen molar-refractivity contribution in [3.05, 3.63) is 53.5 Å². The second kappa shape index (κ2) is 6.12. The summed E-state index contributed by atoms with van der Waals surface area (Å²) in [7, 11) is 0. The van der Waals surface area contributed by atoms with Gasteiger partial charge in [0.2, 0.25) is 5.91 Å². The van der Waals surface area contributed by atoms with Crippen molar-refractivity contribution >= 4 is 11.6 Å². The molecule has 3 heterocycles. The Labute approximate surface area is 150 Å². The van der Waals surface area contributed by atoms with Crippen molar-refractivity contribution in [2.75, 3.05) is 11.4 Å². The third kappa shape index (κ3) is 2.53. The van der Waals surface area contributed by atoms with Gasteiger partial charge in [-0.05, 0) is 55.0 Å². The van der Waals surface area contributed by atoms with Gasteiger partial charge >= 0.3 is 0 Å². The first kappa shape index (κ1) is 15.4. The predicted octanol–water partition coefficient (Wildman–Crippen LogP) is 3.73. The van der Waals surface area contributed by atoms with Gasteiger partial charge in [0.25, 0.3) is 5.89 Å². The zero-order valence-electron chi connectivity index (χ0n) is 14.4. The molecule has 0 N–H and O–H groups in total. The first-order valence-corrected chi connectivity index (χ1v) is 9.08. The molecule has 1 unspecified atom stereocenters. The lowest BCUT2D eigenvalue weighted by Crippen LogP contribution is -2.26. The molecule has 1 saturated heterocycles. The number of aryl methyl sites for hydroxylation is 1. The lowest BCUT2D eigenvalue weighted by atomic mass is 9.90. The van der Waals surface area contributed by atoms with Crippen molar-refractivity contribution < 1.29 is 13.7 Å². The number of benzene rings is 1. The molecular weight excluding hydrogens is 330 g/mol. The van der Waals surface area contributed by atoms with E-state index in [2.05, 4.69) is 28.3 Å². The van der Waals surface area contributed by atoms with Crippen molar-refractivity contribution in [2.45, 2.75) is 38.0 Å². The molecule has 1 atom stereocenters. The van der Waals surface area contributed by atoms with Crippen molar-refractivity contribution in [1.82, 2.24) is 10.1 Å². The fourth-order valence-electron chi connectivity index (χ4n) is 4.03. The van der Waals surface area contributed by atoms with E-state index in [1.54, 1.807) is 18.4 Å². The standard InChI is InChI=1S/C20H19N3O3/c24-18-11-14(19-21-20(26-22-19)17-9-4-10-25-17)12-23(18)16-8-3-6-13-5-1-2-7-15(13)16/h3-4,6,8-10,14H,1-2,5,7,11-12H2. The van der Waals surface area contributed by atoms with Gasteiger partial charge in [-0.1, -0.05) is 17.3 Å². The Morgan fingerprint density at radius 1 is 1.12 bits per heavy atom. The summed E-state index contributed by atoms with van der Waals surface area (Å²) >= 11 is 0. The number of furan rings is 1. The van der Waals surface area contributed by atoms with Gasteiger partial charge in [0.15, 0.2) is 11.6 Å². The summed E-state index contributed by atoms with van der Waals surface area (Å²) in [5.74, 6) is 1.53. The van der Waals surface area contributed by atoms with Crippen molar-refractivity contribution in [1.29, 1.82) is 0 Å². The Kier molecular flexibility index (Phi) is 3.62. The quantitative estimate of drug-likeness (QED) is 0.720. The number of rotatable bonds is 3. The molecule has 132 valence electrons. The van der Waals surface area contributed by atoms with Gasteiger partial charge in [-0.2, -0.15) is 4.98 Å². The molecule has 26 heavy (non-hydrogen) atoms. The smallest absolute Gasteiger partial charge is 0.293 e. The van der Waals surface area contributed by atoms with Crippen molar-refractivity contribution in [3.8, 4) is 11.7 Å². The monoisotopic (exact) mass is 349 g/mol. The molecule has 1 aromatic carbocycles. The number of hydrogen-bond donors (Lipinski definition) is 0. The van der Waals surface area contributed by atoms with Crippen LogP contribution in [0.5, 0.6) is 0 Å². The minimum atomic E-state index is -0.0607. The van der Waals surface area contributed by atoms with E-state index in [1.807, 2.05) is 4.90 Å². The number of hydrogen-bond acceptors (Lipinski definition) is 5. The molecule has 6 heteroatoms. The highest BCUT2D eigenvalue weighted by molar-refractivity contribution is 5.97. The van der Waals surface area contributed by atoms with Crippen LogP contribution in [0.2, 0.25) is 0 Å². The zero-order valence-corrected chi connectivity index (χ0v) is 14.4. The Balaban J connectivity index is 1.42. The summed E-state index contributed by atoms with van der Waals surface area (Å²) in [4.78, 5) is 19.0. The zero-order chi connectivity index (χ0) is 17.5. The Morgan fingerprint density at radius 2 is 2.04 bits per heavy atom. The molecule has 1 fully saturated rings. The third-order valence-corrected chi connectivity index (χ3v) is 5.33. The summed E-state index contributed by atoms with van der Waals surface area (Å²) in [5.41, 5.74) is 3.77. The van der Waals surface area contributed by atoms with Gasteiger partial charge in [-0.3, -0.25) is 4.79 Å². The summed E-state index contributed by atoms with van der Waals surface area (Å²) in [6.45, 7) is 0.590. The van der Waals surface area contributed by atoms with Crippen LogP contribution in [0.1, 0.15) is 42.1 Å². The molecule has 0 saturated carbocycles. The van der Waals surface area contributed by atoms with Crippen LogP contribution in [0, 0.1) is 0 Å². The first-order valence-electron chi connectivity index (χ1n) is 9.08. The Hall–Kier alpha value is -2.89. The second-order valence-electron chi connectivity index (χ2n) is 6.96. The number of fused-ring (bicyclic) bond motifs is 1. The molecule has 2 aromatic heterocycles. The van der Waals surface area contributed by atoms with Crippen LogP contribution in [0.15, 0.2) is 45.5 Å². The van der Waals surface area contributed by atoms with Crippen LogP contribution in [0.25, 0.3) is 11.7 Å². The highest BCUT2D eigenvalue weighted by atomic mass is 16.5. The number of amides is 1. The maximum Gasteiger partial charge on any atom is 0.293 e. The molecule has 6 nitrogen and oxygen atoms in total. The van der Waals surface area contributed by atoms with E-state index in [-0.39, 0.29) is 11.8 Å². The van der Waals surface area contributed by atoms with Gasteiger partial charge in [0.1, 0.15) is 0 Å². The highest BCUT2D eigenvalue weighted by Gasteiger charge is 2.36. The SMILES string of the molecule is O=C1CC(c2noc(-c3ccco3)n2)CN1c1cccc2c1CCCC2. The minimum absolute atomic E-state index is 0.0607.